The molecule has 5 aromatic rings. The Morgan fingerprint density at radius 1 is 1.07 bits per heavy atom. The van der Waals surface area contributed by atoms with Gasteiger partial charge < -0.3 is 14.2 Å². The molecule has 230 valence electrons. The van der Waals surface area contributed by atoms with Crippen molar-refractivity contribution < 1.29 is 19.4 Å². The zero-order valence-corrected chi connectivity index (χ0v) is 27.2. The average Bonchev–Trinajstić information content (AvgIpc) is 3.72. The molecule has 1 amide bonds. The highest BCUT2D eigenvalue weighted by Crippen LogP contribution is 2.44. The first kappa shape index (κ1) is 30.8. The first-order chi connectivity index (χ1) is 21.8. The van der Waals surface area contributed by atoms with Gasteiger partial charge in [-0.25, -0.2) is 4.98 Å². The Bertz CT molecular complexity index is 1940. The summed E-state index contributed by atoms with van der Waals surface area (Å²) in [4.78, 5) is 33.5. The van der Waals surface area contributed by atoms with E-state index in [1.165, 1.54) is 28.0 Å². The van der Waals surface area contributed by atoms with Crippen molar-refractivity contribution in [2.24, 2.45) is 0 Å². The fourth-order valence-corrected chi connectivity index (χ4v) is 7.37. The molecule has 0 saturated carbocycles. The van der Waals surface area contributed by atoms with E-state index >= 15 is 0 Å². The van der Waals surface area contributed by atoms with Crippen LogP contribution in [0.4, 0.5) is 5.13 Å². The number of imidazole rings is 1. The molecule has 1 aliphatic rings. The van der Waals surface area contributed by atoms with Crippen LogP contribution in [0.2, 0.25) is 5.02 Å². The third-order valence-corrected chi connectivity index (χ3v) is 10.1. The molecule has 45 heavy (non-hydrogen) atoms. The van der Waals surface area contributed by atoms with E-state index in [1.54, 1.807) is 24.3 Å². The van der Waals surface area contributed by atoms with Crippen molar-refractivity contribution in [2.45, 2.75) is 49.7 Å². The molecule has 0 bridgehead atoms. The molecule has 1 N–H and O–H groups in total. The standard InChI is InChI=1S/C33H30ClN5O4S2/c1-4-5-17-43-23-14-12-21(13-15-23)27-25(28(40)26-20(3)38-16-8-9-19(2)30(38)35-26)29(41)31(42)39(27)32-36-37-33(45-32)44-18-22-10-6-7-11-24(22)34/h6-16,27,40H,4-5,17-18H2,1-3H3/b28-25+. The fraction of sp³-hybridized carbons (Fsp3) is 0.242. The minimum atomic E-state index is -0.964. The van der Waals surface area contributed by atoms with Crippen LogP contribution in [-0.4, -0.2) is 43.0 Å². The zero-order valence-electron chi connectivity index (χ0n) is 24.9. The van der Waals surface area contributed by atoms with Gasteiger partial charge in [0, 0.05) is 17.0 Å². The predicted octanol–water partition coefficient (Wildman–Crippen LogP) is 7.55. The highest BCUT2D eigenvalue weighted by molar-refractivity contribution is 8.00. The van der Waals surface area contributed by atoms with Crippen molar-refractivity contribution in [1.29, 1.82) is 0 Å². The number of ether oxygens (including phenoxy) is 1. The van der Waals surface area contributed by atoms with Crippen LogP contribution in [0.3, 0.4) is 0 Å². The van der Waals surface area contributed by atoms with E-state index in [0.717, 1.165) is 24.0 Å². The number of unbranched alkanes of at least 4 members (excludes halogenated alkanes) is 1. The number of aliphatic hydroxyl groups excluding tert-OH is 1. The molecule has 6 rings (SSSR count). The average molecular weight is 660 g/mol. The second-order valence-electron chi connectivity index (χ2n) is 10.6. The maximum absolute atomic E-state index is 13.7. The Hall–Kier alpha value is -4.19. The van der Waals surface area contributed by atoms with Crippen molar-refractivity contribution >= 4 is 62.9 Å². The highest BCUT2D eigenvalue weighted by atomic mass is 35.5. The number of halogens is 1. The van der Waals surface area contributed by atoms with Gasteiger partial charge in [0.25, 0.3) is 5.78 Å². The first-order valence-electron chi connectivity index (χ1n) is 14.5. The number of nitrogens with zero attached hydrogens (tertiary/aromatic N) is 5. The van der Waals surface area contributed by atoms with Gasteiger partial charge in [0.15, 0.2) is 10.1 Å². The smallest absolute Gasteiger partial charge is 0.301 e. The highest BCUT2D eigenvalue weighted by Gasteiger charge is 2.49. The number of fused-ring (bicyclic) bond motifs is 1. The molecule has 4 heterocycles. The molecule has 1 saturated heterocycles. The molecule has 0 aliphatic carbocycles. The molecule has 12 heteroatoms. The Morgan fingerprint density at radius 3 is 2.58 bits per heavy atom. The number of thioether (sulfide) groups is 1. The number of pyridine rings is 1. The fourth-order valence-electron chi connectivity index (χ4n) is 5.21. The largest absolute Gasteiger partial charge is 0.505 e. The number of amides is 1. The number of carbonyl (C=O) groups is 2. The molecule has 1 atom stereocenters. The van der Waals surface area contributed by atoms with Gasteiger partial charge in [-0.2, -0.15) is 0 Å². The minimum Gasteiger partial charge on any atom is -0.505 e. The number of Topliss-reactive ketones (excluding diaryl/α,β-unsaturated/α-hetero) is 1. The third-order valence-electron chi connectivity index (χ3n) is 7.63. The Morgan fingerprint density at radius 2 is 1.84 bits per heavy atom. The summed E-state index contributed by atoms with van der Waals surface area (Å²) >= 11 is 8.96. The maximum atomic E-state index is 13.7. The number of carbonyl (C=O) groups excluding carboxylic acids is 2. The van der Waals surface area contributed by atoms with Gasteiger partial charge in [-0.3, -0.25) is 14.5 Å². The summed E-state index contributed by atoms with van der Waals surface area (Å²) in [5.74, 6) is -0.744. The quantitative estimate of drug-likeness (QED) is 0.0409. The number of ketones is 1. The normalized spacial score (nSPS) is 16.2. The Labute approximate surface area is 273 Å². The summed E-state index contributed by atoms with van der Waals surface area (Å²) in [5.41, 5.74) is 3.93. The molecular weight excluding hydrogens is 630 g/mol. The summed E-state index contributed by atoms with van der Waals surface area (Å²) in [6.07, 6.45) is 3.78. The second-order valence-corrected chi connectivity index (χ2v) is 13.2. The van der Waals surface area contributed by atoms with Crippen LogP contribution in [0.5, 0.6) is 5.75 Å². The minimum absolute atomic E-state index is 0.0655. The van der Waals surface area contributed by atoms with Crippen LogP contribution in [0.25, 0.3) is 11.4 Å². The Kier molecular flexibility index (Phi) is 8.93. The number of hydrogen-bond donors (Lipinski definition) is 1. The van der Waals surface area contributed by atoms with E-state index in [1.807, 2.05) is 60.8 Å². The molecule has 2 aromatic carbocycles. The Balaban J connectivity index is 1.41. The van der Waals surface area contributed by atoms with Gasteiger partial charge >= 0.3 is 5.91 Å². The summed E-state index contributed by atoms with van der Waals surface area (Å²) in [6.45, 7) is 6.41. The lowest BCUT2D eigenvalue weighted by Gasteiger charge is -2.22. The third kappa shape index (κ3) is 5.95. The summed E-state index contributed by atoms with van der Waals surface area (Å²) in [7, 11) is 0. The topological polar surface area (TPSA) is 110 Å². The molecule has 1 unspecified atom stereocenters. The van der Waals surface area contributed by atoms with Crippen LogP contribution >= 0.6 is 34.7 Å². The molecule has 1 aliphatic heterocycles. The van der Waals surface area contributed by atoms with Gasteiger partial charge in [-0.1, -0.05) is 84.4 Å². The maximum Gasteiger partial charge on any atom is 0.301 e. The summed E-state index contributed by atoms with van der Waals surface area (Å²) in [6, 6.07) is 17.6. The van der Waals surface area contributed by atoms with E-state index < -0.39 is 17.7 Å². The van der Waals surface area contributed by atoms with E-state index in [9.17, 15) is 14.7 Å². The van der Waals surface area contributed by atoms with Gasteiger partial charge in [0.2, 0.25) is 5.13 Å². The SMILES string of the molecule is CCCCOc1ccc(C2/C(=C(\O)c3nc4c(C)cccn4c3C)C(=O)C(=O)N2c2nnc(SCc3ccccc3Cl)s2)cc1. The van der Waals surface area contributed by atoms with Crippen molar-refractivity contribution in [1.82, 2.24) is 19.6 Å². The number of aromatic nitrogens is 4. The van der Waals surface area contributed by atoms with E-state index in [0.29, 0.717) is 44.4 Å². The molecule has 1 fully saturated rings. The lowest BCUT2D eigenvalue weighted by Crippen LogP contribution is -2.29. The first-order valence-corrected chi connectivity index (χ1v) is 16.6. The van der Waals surface area contributed by atoms with Crippen LogP contribution < -0.4 is 9.64 Å². The van der Waals surface area contributed by atoms with Crippen molar-refractivity contribution in [2.75, 3.05) is 11.5 Å². The van der Waals surface area contributed by atoms with Crippen molar-refractivity contribution in [3.05, 3.63) is 106 Å². The van der Waals surface area contributed by atoms with E-state index in [4.69, 9.17) is 16.3 Å². The summed E-state index contributed by atoms with van der Waals surface area (Å²) < 4.78 is 8.30. The monoisotopic (exact) mass is 659 g/mol. The zero-order chi connectivity index (χ0) is 31.7. The van der Waals surface area contributed by atoms with Crippen LogP contribution in [0, 0.1) is 13.8 Å². The number of rotatable bonds is 10. The number of aliphatic hydroxyl groups is 1. The number of aryl methyl sites for hydroxylation is 2. The van der Waals surface area contributed by atoms with Crippen LogP contribution in [0.1, 0.15) is 53.9 Å². The van der Waals surface area contributed by atoms with Gasteiger partial charge in [-0.15, -0.1) is 10.2 Å². The molecule has 0 radical (unpaired) electrons. The number of benzene rings is 2. The lowest BCUT2D eigenvalue weighted by atomic mass is 9.96. The molecule has 9 nitrogen and oxygen atoms in total. The molecule has 3 aromatic heterocycles. The summed E-state index contributed by atoms with van der Waals surface area (Å²) in [5, 5.41) is 21.3. The van der Waals surface area contributed by atoms with Crippen molar-refractivity contribution in [3.63, 3.8) is 0 Å². The lowest BCUT2D eigenvalue weighted by molar-refractivity contribution is -0.132. The van der Waals surface area contributed by atoms with E-state index in [-0.39, 0.29) is 22.2 Å². The number of hydrogen-bond acceptors (Lipinski definition) is 9. The van der Waals surface area contributed by atoms with E-state index in [2.05, 4.69) is 22.1 Å². The number of anilines is 1. The van der Waals surface area contributed by atoms with Crippen molar-refractivity contribution in [3.8, 4) is 5.75 Å². The molecule has 0 spiro atoms. The van der Waals surface area contributed by atoms with Gasteiger partial charge in [0.1, 0.15) is 17.1 Å². The molecular formula is C33H30ClN5O4S2. The van der Waals surface area contributed by atoms with Crippen LogP contribution in [0.15, 0.2) is 76.8 Å². The van der Waals surface area contributed by atoms with Crippen LogP contribution in [-0.2, 0) is 15.3 Å². The van der Waals surface area contributed by atoms with Gasteiger partial charge in [0.05, 0.1) is 23.9 Å². The second kappa shape index (κ2) is 13.0. The van der Waals surface area contributed by atoms with Gasteiger partial charge in [-0.05, 0) is 61.2 Å². The predicted molar refractivity (Wildman–Crippen MR) is 177 cm³/mol.